The predicted octanol–water partition coefficient (Wildman–Crippen LogP) is 4.64. The number of furan rings is 1. The third-order valence-corrected chi connectivity index (χ3v) is 5.37. The van der Waals surface area contributed by atoms with Gasteiger partial charge in [-0.25, -0.2) is 13.2 Å². The zero-order valence-corrected chi connectivity index (χ0v) is 14.8. The van der Waals surface area contributed by atoms with E-state index in [0.29, 0.717) is 5.02 Å². The second-order valence-corrected chi connectivity index (χ2v) is 7.62. The standard InChI is InChI=1S/C17H10Cl2O5S/c18-11-6-7-14(13(19)10-11)24-17(20)15-8-9-16(23-15)25(21,22)12-4-2-1-3-5-12/h1-10H. The maximum Gasteiger partial charge on any atom is 0.379 e. The van der Waals surface area contributed by atoms with Crippen molar-refractivity contribution in [3.8, 4) is 5.75 Å². The first kappa shape index (κ1) is 17.5. The van der Waals surface area contributed by atoms with E-state index < -0.39 is 15.8 Å². The molecule has 5 nitrogen and oxygen atoms in total. The second-order valence-electron chi connectivity index (χ2n) is 4.90. The summed E-state index contributed by atoms with van der Waals surface area (Å²) in [4.78, 5) is 12.2. The fraction of sp³-hybridized carbons (Fsp3) is 0. The quantitative estimate of drug-likeness (QED) is 0.474. The summed E-state index contributed by atoms with van der Waals surface area (Å²) in [6, 6.07) is 14.5. The highest BCUT2D eigenvalue weighted by Gasteiger charge is 2.24. The van der Waals surface area contributed by atoms with E-state index in [9.17, 15) is 13.2 Å². The van der Waals surface area contributed by atoms with Crippen molar-refractivity contribution >= 4 is 39.0 Å². The van der Waals surface area contributed by atoms with Crippen molar-refractivity contribution in [2.75, 3.05) is 0 Å². The number of benzene rings is 2. The number of halogens is 2. The Morgan fingerprint density at radius 2 is 1.68 bits per heavy atom. The molecule has 0 unspecified atom stereocenters. The molecule has 0 atom stereocenters. The van der Waals surface area contributed by atoms with Crippen LogP contribution < -0.4 is 4.74 Å². The number of hydrogen-bond acceptors (Lipinski definition) is 5. The Hall–Kier alpha value is -2.28. The Labute approximate surface area is 153 Å². The summed E-state index contributed by atoms with van der Waals surface area (Å²) in [5.74, 6) is -1.06. The Balaban J connectivity index is 1.85. The van der Waals surface area contributed by atoms with Crippen molar-refractivity contribution in [2.24, 2.45) is 0 Å². The highest BCUT2D eigenvalue weighted by atomic mass is 35.5. The van der Waals surface area contributed by atoms with Gasteiger partial charge in [-0.2, -0.15) is 0 Å². The van der Waals surface area contributed by atoms with Gasteiger partial charge in [-0.1, -0.05) is 41.4 Å². The van der Waals surface area contributed by atoms with E-state index in [2.05, 4.69) is 0 Å². The number of ether oxygens (including phenoxy) is 1. The van der Waals surface area contributed by atoms with Crippen molar-refractivity contribution in [2.45, 2.75) is 9.99 Å². The lowest BCUT2D eigenvalue weighted by Crippen LogP contribution is -2.08. The Kier molecular flexibility index (Phi) is 4.85. The van der Waals surface area contributed by atoms with Crippen LogP contribution in [-0.2, 0) is 9.84 Å². The molecular weight excluding hydrogens is 387 g/mol. The molecule has 3 rings (SSSR count). The van der Waals surface area contributed by atoms with Crippen LogP contribution in [0.5, 0.6) is 5.75 Å². The van der Waals surface area contributed by atoms with Crippen LogP contribution >= 0.6 is 23.2 Å². The number of hydrogen-bond donors (Lipinski definition) is 0. The van der Waals surface area contributed by atoms with Gasteiger partial charge in [0.25, 0.3) is 0 Å². The van der Waals surface area contributed by atoms with Crippen LogP contribution in [-0.4, -0.2) is 14.4 Å². The maximum atomic E-state index is 12.4. The van der Waals surface area contributed by atoms with Crippen molar-refractivity contribution in [3.05, 3.63) is 76.5 Å². The first-order valence-electron chi connectivity index (χ1n) is 6.95. The second kappa shape index (κ2) is 6.92. The normalized spacial score (nSPS) is 11.3. The zero-order valence-electron chi connectivity index (χ0n) is 12.5. The monoisotopic (exact) mass is 396 g/mol. The summed E-state index contributed by atoms with van der Waals surface area (Å²) in [5.41, 5.74) is 0. The molecule has 128 valence electrons. The molecule has 0 saturated carbocycles. The van der Waals surface area contributed by atoms with Crippen molar-refractivity contribution < 1.29 is 22.4 Å². The van der Waals surface area contributed by atoms with Crippen LogP contribution in [0.3, 0.4) is 0 Å². The SMILES string of the molecule is O=C(Oc1ccc(Cl)cc1Cl)c1ccc(S(=O)(=O)c2ccccc2)o1. The lowest BCUT2D eigenvalue weighted by molar-refractivity contribution is 0.0695. The molecule has 2 aromatic carbocycles. The summed E-state index contributed by atoms with van der Waals surface area (Å²) in [6.45, 7) is 0. The average Bonchev–Trinajstić information content (AvgIpc) is 3.09. The highest BCUT2D eigenvalue weighted by molar-refractivity contribution is 7.91. The maximum absolute atomic E-state index is 12.4. The van der Waals surface area contributed by atoms with E-state index in [0.717, 1.165) is 0 Å². The van der Waals surface area contributed by atoms with E-state index in [-0.39, 0.29) is 26.5 Å². The summed E-state index contributed by atoms with van der Waals surface area (Å²) in [6.07, 6.45) is 0. The largest absolute Gasteiger partial charge is 0.437 e. The van der Waals surface area contributed by atoms with Gasteiger partial charge in [0.2, 0.25) is 20.7 Å². The number of rotatable bonds is 4. The van der Waals surface area contributed by atoms with Crippen LogP contribution in [0, 0.1) is 0 Å². The van der Waals surface area contributed by atoms with Crippen LogP contribution in [0.4, 0.5) is 0 Å². The Morgan fingerprint density at radius 1 is 0.960 bits per heavy atom. The molecule has 0 radical (unpaired) electrons. The summed E-state index contributed by atoms with van der Waals surface area (Å²) in [5, 5.41) is 0.177. The minimum Gasteiger partial charge on any atom is -0.437 e. The van der Waals surface area contributed by atoms with Gasteiger partial charge in [-0.15, -0.1) is 0 Å². The Morgan fingerprint density at radius 3 is 2.36 bits per heavy atom. The average molecular weight is 397 g/mol. The Bertz CT molecular complexity index is 1030. The van der Waals surface area contributed by atoms with E-state index in [1.165, 1.54) is 42.5 Å². The molecule has 1 heterocycles. The molecule has 0 aliphatic rings. The molecule has 0 spiro atoms. The van der Waals surface area contributed by atoms with Crippen LogP contribution in [0.2, 0.25) is 10.0 Å². The van der Waals surface area contributed by atoms with Gasteiger partial charge in [0.1, 0.15) is 5.75 Å². The van der Waals surface area contributed by atoms with E-state index in [1.54, 1.807) is 18.2 Å². The first-order valence-corrected chi connectivity index (χ1v) is 9.19. The van der Waals surface area contributed by atoms with Gasteiger partial charge in [-0.3, -0.25) is 0 Å². The smallest absolute Gasteiger partial charge is 0.379 e. The van der Waals surface area contributed by atoms with Gasteiger partial charge < -0.3 is 9.15 Å². The fourth-order valence-corrected chi connectivity index (χ4v) is 3.64. The van der Waals surface area contributed by atoms with Crippen molar-refractivity contribution in [1.82, 2.24) is 0 Å². The van der Waals surface area contributed by atoms with E-state index in [1.807, 2.05) is 0 Å². The molecule has 25 heavy (non-hydrogen) atoms. The van der Waals surface area contributed by atoms with Crippen LogP contribution in [0.25, 0.3) is 0 Å². The molecule has 0 fully saturated rings. The zero-order chi connectivity index (χ0) is 18.0. The topological polar surface area (TPSA) is 73.6 Å². The van der Waals surface area contributed by atoms with Gasteiger partial charge >= 0.3 is 5.97 Å². The van der Waals surface area contributed by atoms with Gasteiger partial charge in [0.05, 0.1) is 9.92 Å². The number of carbonyl (C=O) groups excluding carboxylic acids is 1. The molecule has 8 heteroatoms. The van der Waals surface area contributed by atoms with Gasteiger partial charge in [-0.05, 0) is 42.5 Å². The van der Waals surface area contributed by atoms with E-state index >= 15 is 0 Å². The molecular formula is C17H10Cl2O5S. The van der Waals surface area contributed by atoms with Crippen molar-refractivity contribution in [3.63, 3.8) is 0 Å². The van der Waals surface area contributed by atoms with Crippen LogP contribution in [0.1, 0.15) is 10.6 Å². The molecule has 0 aliphatic heterocycles. The first-order chi connectivity index (χ1) is 11.9. The third-order valence-electron chi connectivity index (χ3n) is 3.20. The molecule has 0 N–H and O–H groups in total. The fourth-order valence-electron chi connectivity index (χ4n) is 2.00. The van der Waals surface area contributed by atoms with Gasteiger partial charge in [0, 0.05) is 5.02 Å². The van der Waals surface area contributed by atoms with Gasteiger partial charge in [0.15, 0.2) is 0 Å². The molecule has 0 saturated heterocycles. The van der Waals surface area contributed by atoms with Crippen molar-refractivity contribution in [1.29, 1.82) is 0 Å². The highest BCUT2D eigenvalue weighted by Crippen LogP contribution is 2.29. The third kappa shape index (κ3) is 3.71. The minimum absolute atomic E-state index is 0.0602. The summed E-state index contributed by atoms with van der Waals surface area (Å²) >= 11 is 11.7. The summed E-state index contributed by atoms with van der Waals surface area (Å²) < 4.78 is 35.1. The number of esters is 1. The number of carbonyl (C=O) groups is 1. The lowest BCUT2D eigenvalue weighted by Gasteiger charge is -2.05. The molecule has 0 aliphatic carbocycles. The van der Waals surface area contributed by atoms with E-state index in [4.69, 9.17) is 32.4 Å². The molecule has 1 aromatic heterocycles. The number of sulfone groups is 1. The summed E-state index contributed by atoms with van der Waals surface area (Å²) in [7, 11) is -3.86. The lowest BCUT2D eigenvalue weighted by atomic mass is 10.3. The molecule has 3 aromatic rings. The predicted molar refractivity (Wildman–Crippen MR) is 92.0 cm³/mol. The van der Waals surface area contributed by atoms with Crippen LogP contribution in [0.15, 0.2) is 75.1 Å². The minimum atomic E-state index is -3.86. The molecule has 0 amide bonds. The molecule has 0 bridgehead atoms.